The summed E-state index contributed by atoms with van der Waals surface area (Å²) in [6, 6.07) is 21.6. The van der Waals surface area contributed by atoms with Gasteiger partial charge in [0.2, 0.25) is 0 Å². The largest absolute Gasteiger partial charge is 0.497 e. The average molecular weight is 472 g/mol. The van der Waals surface area contributed by atoms with Crippen LogP contribution in [0.2, 0.25) is 0 Å². The molecule has 0 saturated carbocycles. The van der Waals surface area contributed by atoms with E-state index >= 15 is 0 Å². The Balaban J connectivity index is 1.34. The molecule has 3 aromatic carbocycles. The first-order valence-electron chi connectivity index (χ1n) is 12.0. The Morgan fingerprint density at radius 1 is 0.853 bits per heavy atom. The van der Waals surface area contributed by atoms with Crippen LogP contribution >= 0.6 is 11.3 Å². The summed E-state index contributed by atoms with van der Waals surface area (Å²) in [6.07, 6.45) is 2.63. The van der Waals surface area contributed by atoms with Crippen molar-refractivity contribution in [2.24, 2.45) is 0 Å². The molecule has 4 nitrogen and oxygen atoms in total. The molecule has 1 aliphatic carbocycles. The summed E-state index contributed by atoms with van der Waals surface area (Å²) in [5, 5.41) is 1.30. The van der Waals surface area contributed by atoms with Crippen molar-refractivity contribution in [2.75, 3.05) is 40.5 Å². The highest BCUT2D eigenvalue weighted by molar-refractivity contribution is 7.22. The van der Waals surface area contributed by atoms with Gasteiger partial charge in [-0.25, -0.2) is 0 Å². The standard InChI is InChI=1S/C29H29NO3S/c1-31-21-9-11-23-25(17-21)29-28(24-12-10-22(32-2)18-26(24)34-29)27(23)19-5-7-20(8-6-19)33-16-15-30-13-3-4-14-30/h5-12,17-18,27H,3-4,13-16H2,1-2H3. The number of likely N-dealkylation sites (tertiary alicyclic amines) is 1. The topological polar surface area (TPSA) is 30.9 Å². The van der Waals surface area contributed by atoms with Crippen molar-refractivity contribution in [1.29, 1.82) is 0 Å². The molecule has 0 amide bonds. The van der Waals surface area contributed by atoms with Crippen LogP contribution in [0.5, 0.6) is 17.2 Å². The van der Waals surface area contributed by atoms with Gasteiger partial charge in [0.25, 0.3) is 0 Å². The van der Waals surface area contributed by atoms with Crippen LogP contribution in [0.25, 0.3) is 20.5 Å². The van der Waals surface area contributed by atoms with E-state index in [1.807, 2.05) is 11.3 Å². The van der Waals surface area contributed by atoms with Crippen molar-refractivity contribution < 1.29 is 14.2 Å². The van der Waals surface area contributed by atoms with E-state index in [0.29, 0.717) is 0 Å². The molecule has 2 aliphatic rings. The predicted octanol–water partition coefficient (Wildman–Crippen LogP) is 6.55. The van der Waals surface area contributed by atoms with Crippen LogP contribution in [0.3, 0.4) is 0 Å². The molecule has 2 heterocycles. The quantitative estimate of drug-likeness (QED) is 0.269. The van der Waals surface area contributed by atoms with Crippen LogP contribution in [-0.4, -0.2) is 45.4 Å². The molecule has 0 N–H and O–H groups in total. The second-order valence-corrected chi connectivity index (χ2v) is 10.1. The van der Waals surface area contributed by atoms with Crippen LogP contribution in [-0.2, 0) is 0 Å². The molecule has 1 fully saturated rings. The smallest absolute Gasteiger partial charge is 0.120 e. The molecule has 0 spiro atoms. The van der Waals surface area contributed by atoms with E-state index in [4.69, 9.17) is 14.2 Å². The number of rotatable bonds is 7. The van der Waals surface area contributed by atoms with E-state index in [2.05, 4.69) is 65.6 Å². The van der Waals surface area contributed by atoms with Gasteiger partial charge < -0.3 is 14.2 Å². The molecule has 1 unspecified atom stereocenters. The zero-order chi connectivity index (χ0) is 23.1. The van der Waals surface area contributed by atoms with E-state index in [1.165, 1.54) is 63.1 Å². The normalized spacial score (nSPS) is 17.1. The number of fused-ring (bicyclic) bond motifs is 5. The van der Waals surface area contributed by atoms with Gasteiger partial charge in [0.15, 0.2) is 0 Å². The van der Waals surface area contributed by atoms with Crippen molar-refractivity contribution in [3.05, 3.63) is 77.4 Å². The van der Waals surface area contributed by atoms with E-state index in [-0.39, 0.29) is 5.92 Å². The third-order valence-electron chi connectivity index (χ3n) is 7.13. The third kappa shape index (κ3) is 3.73. The second kappa shape index (κ2) is 8.97. The molecule has 1 atom stereocenters. The number of ether oxygens (including phenoxy) is 3. The van der Waals surface area contributed by atoms with Gasteiger partial charge in [0.1, 0.15) is 23.9 Å². The van der Waals surface area contributed by atoms with E-state index in [1.54, 1.807) is 14.2 Å². The SMILES string of the molecule is COc1ccc2c(c1)-c1sc3cc(OC)ccc3c1C2c1ccc(OCCN2CCCC2)cc1. The summed E-state index contributed by atoms with van der Waals surface area (Å²) < 4.78 is 18.4. The lowest BCUT2D eigenvalue weighted by atomic mass is 9.88. The van der Waals surface area contributed by atoms with Gasteiger partial charge in [-0.2, -0.15) is 0 Å². The maximum absolute atomic E-state index is 6.07. The number of nitrogens with zero attached hydrogens (tertiary/aromatic N) is 1. The number of hydrogen-bond acceptors (Lipinski definition) is 5. The van der Waals surface area contributed by atoms with Crippen molar-refractivity contribution in [1.82, 2.24) is 4.90 Å². The van der Waals surface area contributed by atoms with Gasteiger partial charge >= 0.3 is 0 Å². The molecular weight excluding hydrogens is 442 g/mol. The Hall–Kier alpha value is -3.02. The fraction of sp³-hybridized carbons (Fsp3) is 0.310. The Bertz CT molecular complexity index is 1320. The fourth-order valence-corrected chi connectivity index (χ4v) is 6.69. The lowest BCUT2D eigenvalue weighted by Crippen LogP contribution is -2.25. The van der Waals surface area contributed by atoms with Crippen LogP contribution in [0.15, 0.2) is 60.7 Å². The molecule has 1 aromatic heterocycles. The maximum Gasteiger partial charge on any atom is 0.120 e. The van der Waals surface area contributed by atoms with Gasteiger partial charge in [-0.05, 0) is 96.0 Å². The van der Waals surface area contributed by atoms with E-state index in [9.17, 15) is 0 Å². The maximum atomic E-state index is 6.07. The Kier molecular flexibility index (Phi) is 5.67. The molecule has 4 aromatic rings. The van der Waals surface area contributed by atoms with Crippen LogP contribution in [0.1, 0.15) is 35.4 Å². The van der Waals surface area contributed by atoms with Crippen molar-refractivity contribution in [3.8, 4) is 27.7 Å². The van der Waals surface area contributed by atoms with Crippen LogP contribution in [0, 0.1) is 0 Å². The van der Waals surface area contributed by atoms with Gasteiger partial charge in [-0.15, -0.1) is 11.3 Å². The van der Waals surface area contributed by atoms with Gasteiger partial charge in [-0.3, -0.25) is 4.90 Å². The second-order valence-electron chi connectivity index (χ2n) is 9.06. The lowest BCUT2D eigenvalue weighted by molar-refractivity contribution is 0.238. The molecule has 6 rings (SSSR count). The van der Waals surface area contributed by atoms with E-state index in [0.717, 1.165) is 30.4 Å². The zero-order valence-electron chi connectivity index (χ0n) is 19.7. The van der Waals surface area contributed by atoms with Gasteiger partial charge in [0.05, 0.1) is 14.2 Å². The van der Waals surface area contributed by atoms with Crippen molar-refractivity contribution >= 4 is 21.4 Å². The monoisotopic (exact) mass is 471 g/mol. The highest BCUT2D eigenvalue weighted by atomic mass is 32.1. The Morgan fingerprint density at radius 3 is 2.32 bits per heavy atom. The van der Waals surface area contributed by atoms with Crippen molar-refractivity contribution in [3.63, 3.8) is 0 Å². The highest BCUT2D eigenvalue weighted by Gasteiger charge is 2.34. The molecular formula is C29H29NO3S. The summed E-state index contributed by atoms with van der Waals surface area (Å²) in [6.45, 7) is 4.16. The first-order chi connectivity index (χ1) is 16.7. The highest BCUT2D eigenvalue weighted by Crippen LogP contribution is 2.55. The third-order valence-corrected chi connectivity index (χ3v) is 8.33. The summed E-state index contributed by atoms with van der Waals surface area (Å²) in [7, 11) is 3.45. The minimum absolute atomic E-state index is 0.191. The fourth-order valence-electron chi connectivity index (χ4n) is 5.38. The molecule has 5 heteroatoms. The van der Waals surface area contributed by atoms with Crippen molar-refractivity contribution in [2.45, 2.75) is 18.8 Å². The molecule has 0 bridgehead atoms. The minimum atomic E-state index is 0.191. The molecule has 1 aliphatic heterocycles. The molecule has 0 radical (unpaired) electrons. The first-order valence-corrected chi connectivity index (χ1v) is 12.8. The summed E-state index contributed by atoms with van der Waals surface area (Å²) in [5.74, 6) is 2.92. The first kappa shape index (κ1) is 21.5. The van der Waals surface area contributed by atoms with Gasteiger partial charge in [0, 0.05) is 22.0 Å². The van der Waals surface area contributed by atoms with E-state index < -0.39 is 0 Å². The number of benzene rings is 3. The summed E-state index contributed by atoms with van der Waals surface area (Å²) >= 11 is 1.84. The minimum Gasteiger partial charge on any atom is -0.497 e. The zero-order valence-corrected chi connectivity index (χ0v) is 20.5. The van der Waals surface area contributed by atoms with Gasteiger partial charge in [-0.1, -0.05) is 18.2 Å². The lowest BCUT2D eigenvalue weighted by Gasteiger charge is -2.17. The Labute approximate surface area is 204 Å². The molecule has 174 valence electrons. The average Bonchev–Trinajstić information content (AvgIpc) is 3.59. The van der Waals surface area contributed by atoms with Crippen LogP contribution < -0.4 is 14.2 Å². The number of methoxy groups -OCH3 is 2. The van der Waals surface area contributed by atoms with Crippen LogP contribution in [0.4, 0.5) is 0 Å². The Morgan fingerprint density at radius 2 is 1.56 bits per heavy atom. The summed E-state index contributed by atoms with van der Waals surface area (Å²) in [5.41, 5.74) is 5.27. The predicted molar refractivity (Wildman–Crippen MR) is 139 cm³/mol. The summed E-state index contributed by atoms with van der Waals surface area (Å²) in [4.78, 5) is 3.81. The number of thiophene rings is 1. The molecule has 34 heavy (non-hydrogen) atoms. The molecule has 1 saturated heterocycles. The number of hydrogen-bond donors (Lipinski definition) is 0.